The van der Waals surface area contributed by atoms with Crippen LogP contribution in [0.4, 0.5) is 13.9 Å². The maximum Gasteiger partial charge on any atom is 0.233 e. The summed E-state index contributed by atoms with van der Waals surface area (Å²) >= 11 is 1.28. The first kappa shape index (κ1) is 20.2. The lowest BCUT2D eigenvalue weighted by atomic mass is 9.52. The molecule has 2 bridgehead atoms. The Hall–Kier alpha value is -3.38. The van der Waals surface area contributed by atoms with Gasteiger partial charge in [-0.2, -0.15) is 0 Å². The molecule has 3 nitrogen and oxygen atoms in total. The Balaban J connectivity index is 1.34. The van der Waals surface area contributed by atoms with Crippen LogP contribution in [0, 0.1) is 17.0 Å². The molecule has 1 atom stereocenters. The lowest BCUT2D eigenvalue weighted by Gasteiger charge is -2.50. The third kappa shape index (κ3) is 3.04. The number of fused-ring (bicyclic) bond motifs is 1. The Morgan fingerprint density at radius 2 is 1.61 bits per heavy atom. The Morgan fingerprint density at radius 1 is 0.970 bits per heavy atom. The first-order chi connectivity index (χ1) is 16.0. The van der Waals surface area contributed by atoms with Crippen LogP contribution in [0.3, 0.4) is 0 Å². The number of nitrogens with zero attached hydrogens (tertiary/aromatic N) is 1. The normalized spacial score (nSPS) is 22.5. The standard InChI is InChI=1S/C27H20F2N2OS/c1-27(25(32)31-26-30-23(14-33-26)15-10-11-21(28)22(29)12-15)13-20-16-6-2-4-8-18(16)24(27)19-9-5-3-7-17(19)20/h2-12,14,20,24H,13H2,1H3,(H,30,31,32). The van der Waals surface area contributed by atoms with E-state index in [1.54, 1.807) is 5.38 Å². The van der Waals surface area contributed by atoms with E-state index in [-0.39, 0.29) is 17.7 Å². The van der Waals surface area contributed by atoms with E-state index >= 15 is 0 Å². The third-order valence-electron chi connectivity index (χ3n) is 7.09. The number of rotatable bonds is 3. The number of thiazole rings is 1. The van der Waals surface area contributed by atoms with E-state index in [2.05, 4.69) is 46.7 Å². The van der Waals surface area contributed by atoms with Gasteiger partial charge in [-0.25, -0.2) is 13.8 Å². The van der Waals surface area contributed by atoms with Gasteiger partial charge in [0.25, 0.3) is 0 Å². The van der Waals surface area contributed by atoms with Crippen LogP contribution in [0.15, 0.2) is 72.1 Å². The quantitative estimate of drug-likeness (QED) is 0.371. The van der Waals surface area contributed by atoms with E-state index in [0.29, 0.717) is 16.4 Å². The largest absolute Gasteiger partial charge is 0.301 e. The van der Waals surface area contributed by atoms with E-state index in [9.17, 15) is 13.6 Å². The van der Waals surface area contributed by atoms with Gasteiger partial charge in [-0.15, -0.1) is 11.3 Å². The minimum atomic E-state index is -0.922. The van der Waals surface area contributed by atoms with Crippen molar-refractivity contribution >= 4 is 22.4 Å². The summed E-state index contributed by atoms with van der Waals surface area (Å²) in [5.41, 5.74) is 5.37. The first-order valence-corrected chi connectivity index (χ1v) is 11.7. The molecule has 0 fully saturated rings. The van der Waals surface area contributed by atoms with Crippen LogP contribution in [-0.2, 0) is 4.79 Å². The average molecular weight is 459 g/mol. The lowest BCUT2D eigenvalue weighted by Crippen LogP contribution is -2.47. The highest BCUT2D eigenvalue weighted by atomic mass is 32.1. The van der Waals surface area contributed by atoms with E-state index in [1.165, 1.54) is 39.7 Å². The van der Waals surface area contributed by atoms with Crippen molar-refractivity contribution in [1.29, 1.82) is 0 Å². The number of aromatic nitrogens is 1. The summed E-state index contributed by atoms with van der Waals surface area (Å²) in [6.45, 7) is 2.04. The Kier molecular flexibility index (Phi) is 4.49. The molecule has 0 aliphatic heterocycles. The molecule has 1 heterocycles. The van der Waals surface area contributed by atoms with Gasteiger partial charge in [0.2, 0.25) is 5.91 Å². The van der Waals surface area contributed by atoms with Crippen molar-refractivity contribution in [2.75, 3.05) is 5.32 Å². The second kappa shape index (κ2) is 7.32. The van der Waals surface area contributed by atoms with Gasteiger partial charge in [0.15, 0.2) is 16.8 Å². The highest BCUT2D eigenvalue weighted by molar-refractivity contribution is 7.14. The maximum absolute atomic E-state index is 13.7. The second-order valence-corrected chi connectivity index (χ2v) is 9.84. The Morgan fingerprint density at radius 3 is 2.24 bits per heavy atom. The fourth-order valence-electron chi connectivity index (χ4n) is 5.55. The number of carbonyl (C=O) groups excluding carboxylic acids is 1. The molecule has 6 heteroatoms. The molecule has 1 amide bonds. The zero-order valence-corrected chi connectivity index (χ0v) is 18.6. The van der Waals surface area contributed by atoms with Crippen LogP contribution in [-0.4, -0.2) is 10.9 Å². The van der Waals surface area contributed by atoms with Crippen LogP contribution < -0.4 is 5.32 Å². The maximum atomic E-state index is 13.7. The Labute approximate surface area is 194 Å². The highest BCUT2D eigenvalue weighted by Gasteiger charge is 2.53. The molecular formula is C27H20F2N2OS. The molecule has 0 spiro atoms. The SMILES string of the molecule is CC1(C(=O)Nc2nc(-c3ccc(F)c(F)c3)cs2)CC2c3ccccc3C1c1ccccc12. The number of carbonyl (C=O) groups is 1. The predicted molar refractivity (Wildman–Crippen MR) is 125 cm³/mol. The fourth-order valence-corrected chi connectivity index (χ4v) is 6.26. The average Bonchev–Trinajstić information content (AvgIpc) is 3.29. The van der Waals surface area contributed by atoms with E-state index in [0.717, 1.165) is 18.6 Å². The molecule has 0 radical (unpaired) electrons. The second-order valence-electron chi connectivity index (χ2n) is 8.99. The molecule has 1 aromatic heterocycles. The van der Waals surface area contributed by atoms with Gasteiger partial charge in [-0.1, -0.05) is 48.5 Å². The van der Waals surface area contributed by atoms with E-state index < -0.39 is 17.0 Å². The summed E-state index contributed by atoms with van der Waals surface area (Å²) in [6, 6.07) is 20.5. The lowest BCUT2D eigenvalue weighted by molar-refractivity contribution is -0.126. The molecule has 0 saturated heterocycles. The van der Waals surface area contributed by atoms with Gasteiger partial charge in [0.1, 0.15) is 0 Å². The summed E-state index contributed by atoms with van der Waals surface area (Å²) < 4.78 is 26.9. The van der Waals surface area contributed by atoms with Gasteiger partial charge in [0, 0.05) is 22.8 Å². The minimum absolute atomic E-state index is 0.0412. The molecule has 3 aromatic carbocycles. The summed E-state index contributed by atoms with van der Waals surface area (Å²) in [7, 11) is 0. The van der Waals surface area contributed by atoms with Crippen LogP contribution in [0.5, 0.6) is 0 Å². The number of halogens is 2. The van der Waals surface area contributed by atoms with Crippen molar-refractivity contribution in [2.24, 2.45) is 5.41 Å². The highest BCUT2D eigenvalue weighted by Crippen LogP contribution is 2.61. The third-order valence-corrected chi connectivity index (χ3v) is 7.85. The van der Waals surface area contributed by atoms with E-state index in [4.69, 9.17) is 0 Å². The zero-order chi connectivity index (χ0) is 22.7. The number of nitrogens with one attached hydrogen (secondary N) is 1. The zero-order valence-electron chi connectivity index (χ0n) is 17.8. The van der Waals surface area contributed by atoms with Crippen LogP contribution >= 0.6 is 11.3 Å². The van der Waals surface area contributed by atoms with Crippen molar-refractivity contribution < 1.29 is 13.6 Å². The summed E-state index contributed by atoms with van der Waals surface area (Å²) in [6.07, 6.45) is 0.721. The molecule has 1 N–H and O–H groups in total. The fraction of sp³-hybridized carbons (Fsp3) is 0.185. The smallest absolute Gasteiger partial charge is 0.233 e. The Bertz CT molecular complexity index is 1370. The van der Waals surface area contributed by atoms with Crippen molar-refractivity contribution in [3.05, 3.63) is 106 Å². The number of hydrogen-bond acceptors (Lipinski definition) is 3. The number of amides is 1. The monoisotopic (exact) mass is 458 g/mol. The molecule has 33 heavy (non-hydrogen) atoms. The molecular weight excluding hydrogens is 438 g/mol. The van der Waals surface area contributed by atoms with Crippen molar-refractivity contribution in [1.82, 2.24) is 4.98 Å². The number of anilines is 1. The number of benzene rings is 3. The number of hydrogen-bond donors (Lipinski definition) is 1. The molecule has 0 saturated carbocycles. The molecule has 164 valence electrons. The summed E-state index contributed by atoms with van der Waals surface area (Å²) in [5.74, 6) is -1.77. The van der Waals surface area contributed by atoms with Gasteiger partial charge in [-0.05, 0) is 53.8 Å². The molecule has 4 aromatic rings. The molecule has 3 aliphatic rings. The van der Waals surface area contributed by atoms with E-state index in [1.807, 2.05) is 19.1 Å². The van der Waals surface area contributed by atoms with Crippen LogP contribution in [0.1, 0.15) is 47.4 Å². The van der Waals surface area contributed by atoms with Gasteiger partial charge >= 0.3 is 0 Å². The first-order valence-electron chi connectivity index (χ1n) is 10.9. The van der Waals surface area contributed by atoms with Crippen molar-refractivity contribution in [3.8, 4) is 11.3 Å². The summed E-state index contributed by atoms with van der Waals surface area (Å²) in [4.78, 5) is 18.2. The molecule has 7 rings (SSSR count). The van der Waals surface area contributed by atoms with Gasteiger partial charge < -0.3 is 5.32 Å². The van der Waals surface area contributed by atoms with Gasteiger partial charge in [-0.3, -0.25) is 4.79 Å². The molecule has 1 unspecified atom stereocenters. The topological polar surface area (TPSA) is 42.0 Å². The predicted octanol–water partition coefficient (Wildman–Crippen LogP) is 6.71. The van der Waals surface area contributed by atoms with Gasteiger partial charge in [0.05, 0.1) is 11.1 Å². The van der Waals surface area contributed by atoms with Crippen LogP contribution in [0.2, 0.25) is 0 Å². The molecule has 3 aliphatic carbocycles. The van der Waals surface area contributed by atoms with Crippen molar-refractivity contribution in [2.45, 2.75) is 25.2 Å². The van der Waals surface area contributed by atoms with Crippen molar-refractivity contribution in [3.63, 3.8) is 0 Å². The van der Waals surface area contributed by atoms with Crippen LogP contribution in [0.25, 0.3) is 11.3 Å². The minimum Gasteiger partial charge on any atom is -0.301 e. The summed E-state index contributed by atoms with van der Waals surface area (Å²) in [5, 5.41) is 5.20.